The molecular formula is C19H21F2N3O3. The number of nitrogens with one attached hydrogen (secondary N) is 1. The number of hydrogen-bond donors (Lipinski definition) is 1. The standard InChI is InChI=1S/C19H21F2N3O3/c1-12-10-15(24(26)27)5-7-18(12)22-19(25)8-9-23(3)13(2)14-4-6-16(20)17(21)11-14/h4-7,10-11,13H,8-9H2,1-3H3,(H,22,25). The molecule has 8 heteroatoms. The van der Waals surface area contributed by atoms with Gasteiger partial charge in [0.05, 0.1) is 4.92 Å². The number of benzene rings is 2. The molecule has 2 rings (SSSR count). The Hall–Kier alpha value is -2.87. The number of nitro benzene ring substituents is 1. The first kappa shape index (κ1) is 20.4. The molecule has 0 aliphatic rings. The monoisotopic (exact) mass is 377 g/mol. The van der Waals surface area contributed by atoms with Gasteiger partial charge in [0, 0.05) is 36.8 Å². The first-order chi connectivity index (χ1) is 12.7. The lowest BCUT2D eigenvalue weighted by atomic mass is 10.1. The zero-order chi connectivity index (χ0) is 20.1. The number of nitro groups is 1. The van der Waals surface area contributed by atoms with Crippen molar-refractivity contribution in [1.82, 2.24) is 4.90 Å². The predicted octanol–water partition coefficient (Wildman–Crippen LogP) is 4.20. The number of aryl methyl sites for hydroxylation is 1. The Labute approximate surface area is 155 Å². The van der Waals surface area contributed by atoms with Gasteiger partial charge in [-0.1, -0.05) is 6.07 Å². The van der Waals surface area contributed by atoms with Crippen LogP contribution in [0.3, 0.4) is 0 Å². The van der Waals surface area contributed by atoms with Crippen LogP contribution in [-0.4, -0.2) is 29.3 Å². The van der Waals surface area contributed by atoms with Crippen molar-refractivity contribution in [2.75, 3.05) is 18.9 Å². The van der Waals surface area contributed by atoms with Crippen molar-refractivity contribution in [3.8, 4) is 0 Å². The molecule has 1 amide bonds. The number of carbonyl (C=O) groups is 1. The van der Waals surface area contributed by atoms with E-state index in [0.29, 0.717) is 23.4 Å². The average Bonchev–Trinajstić information content (AvgIpc) is 2.62. The Balaban J connectivity index is 1.92. The number of anilines is 1. The van der Waals surface area contributed by atoms with Crippen molar-refractivity contribution in [2.24, 2.45) is 0 Å². The summed E-state index contributed by atoms with van der Waals surface area (Å²) in [5.74, 6) is -2.04. The largest absolute Gasteiger partial charge is 0.326 e. The SMILES string of the molecule is Cc1cc([N+](=O)[O-])ccc1NC(=O)CCN(C)C(C)c1ccc(F)c(F)c1. The number of amides is 1. The Morgan fingerprint density at radius 2 is 1.93 bits per heavy atom. The minimum Gasteiger partial charge on any atom is -0.326 e. The highest BCUT2D eigenvalue weighted by molar-refractivity contribution is 5.91. The van der Waals surface area contributed by atoms with Gasteiger partial charge in [-0.05, 0) is 50.2 Å². The molecule has 0 aliphatic carbocycles. The van der Waals surface area contributed by atoms with Crippen molar-refractivity contribution in [2.45, 2.75) is 26.3 Å². The van der Waals surface area contributed by atoms with E-state index in [4.69, 9.17) is 0 Å². The first-order valence-electron chi connectivity index (χ1n) is 8.39. The van der Waals surface area contributed by atoms with E-state index in [9.17, 15) is 23.7 Å². The highest BCUT2D eigenvalue weighted by Crippen LogP contribution is 2.23. The number of rotatable bonds is 7. The summed E-state index contributed by atoms with van der Waals surface area (Å²) in [6, 6.07) is 7.77. The molecule has 0 saturated carbocycles. The van der Waals surface area contributed by atoms with Crippen LogP contribution in [0.2, 0.25) is 0 Å². The van der Waals surface area contributed by atoms with Gasteiger partial charge in [0.1, 0.15) is 0 Å². The molecule has 2 aromatic carbocycles. The van der Waals surface area contributed by atoms with E-state index in [2.05, 4.69) is 5.32 Å². The predicted molar refractivity (Wildman–Crippen MR) is 98.5 cm³/mol. The van der Waals surface area contributed by atoms with Crippen LogP contribution in [-0.2, 0) is 4.79 Å². The van der Waals surface area contributed by atoms with E-state index in [0.717, 1.165) is 12.1 Å². The van der Waals surface area contributed by atoms with E-state index >= 15 is 0 Å². The van der Waals surface area contributed by atoms with Gasteiger partial charge in [-0.25, -0.2) is 8.78 Å². The van der Waals surface area contributed by atoms with Crippen molar-refractivity contribution in [1.29, 1.82) is 0 Å². The zero-order valence-electron chi connectivity index (χ0n) is 15.3. The Morgan fingerprint density at radius 3 is 2.52 bits per heavy atom. The summed E-state index contributed by atoms with van der Waals surface area (Å²) in [7, 11) is 1.79. The lowest BCUT2D eigenvalue weighted by Gasteiger charge is -2.25. The summed E-state index contributed by atoms with van der Waals surface area (Å²) >= 11 is 0. The molecule has 1 N–H and O–H groups in total. The normalized spacial score (nSPS) is 12.1. The third-order valence-electron chi connectivity index (χ3n) is 4.47. The number of non-ortho nitro benzene ring substituents is 1. The fourth-order valence-corrected chi connectivity index (χ4v) is 2.61. The Bertz CT molecular complexity index is 858. The van der Waals surface area contributed by atoms with Crippen molar-refractivity contribution in [3.05, 3.63) is 69.3 Å². The van der Waals surface area contributed by atoms with Crippen LogP contribution in [0, 0.1) is 28.7 Å². The van der Waals surface area contributed by atoms with Gasteiger partial charge in [0.25, 0.3) is 5.69 Å². The van der Waals surface area contributed by atoms with E-state index in [1.165, 1.54) is 24.3 Å². The van der Waals surface area contributed by atoms with Crippen LogP contribution < -0.4 is 5.32 Å². The lowest BCUT2D eigenvalue weighted by Crippen LogP contribution is -2.27. The molecule has 0 spiro atoms. The minimum atomic E-state index is -0.904. The molecule has 27 heavy (non-hydrogen) atoms. The van der Waals surface area contributed by atoms with Gasteiger partial charge in [-0.2, -0.15) is 0 Å². The molecule has 0 heterocycles. The van der Waals surface area contributed by atoms with E-state index in [1.54, 1.807) is 14.0 Å². The van der Waals surface area contributed by atoms with Crippen molar-refractivity contribution in [3.63, 3.8) is 0 Å². The molecule has 1 unspecified atom stereocenters. The first-order valence-corrected chi connectivity index (χ1v) is 8.39. The third-order valence-corrected chi connectivity index (χ3v) is 4.47. The zero-order valence-corrected chi connectivity index (χ0v) is 15.3. The molecule has 144 valence electrons. The number of halogens is 2. The quantitative estimate of drug-likeness (QED) is 0.579. The topological polar surface area (TPSA) is 75.5 Å². The smallest absolute Gasteiger partial charge is 0.269 e. The summed E-state index contributed by atoms with van der Waals surface area (Å²) in [6.45, 7) is 3.92. The Morgan fingerprint density at radius 1 is 1.22 bits per heavy atom. The summed E-state index contributed by atoms with van der Waals surface area (Å²) in [5, 5.41) is 13.5. The maximum atomic E-state index is 13.4. The van der Waals surface area contributed by atoms with Crippen LogP contribution in [0.5, 0.6) is 0 Å². The second-order valence-corrected chi connectivity index (χ2v) is 6.38. The number of carbonyl (C=O) groups excluding carboxylic acids is 1. The highest BCUT2D eigenvalue weighted by Gasteiger charge is 2.16. The van der Waals surface area contributed by atoms with Gasteiger partial charge < -0.3 is 5.32 Å². The molecule has 0 saturated heterocycles. The lowest BCUT2D eigenvalue weighted by molar-refractivity contribution is -0.384. The van der Waals surface area contributed by atoms with Gasteiger partial charge in [0.2, 0.25) is 5.91 Å². The highest BCUT2D eigenvalue weighted by atomic mass is 19.2. The fraction of sp³-hybridized carbons (Fsp3) is 0.316. The maximum absolute atomic E-state index is 13.4. The van der Waals surface area contributed by atoms with Crippen molar-refractivity contribution < 1.29 is 18.5 Å². The van der Waals surface area contributed by atoms with Crippen LogP contribution in [0.1, 0.15) is 30.5 Å². The summed E-state index contributed by atoms with van der Waals surface area (Å²) in [4.78, 5) is 24.3. The summed E-state index contributed by atoms with van der Waals surface area (Å²) in [5.41, 5.74) is 1.69. The maximum Gasteiger partial charge on any atom is 0.269 e. The molecule has 0 fully saturated rings. The number of nitrogens with zero attached hydrogens (tertiary/aromatic N) is 2. The van der Waals surface area contributed by atoms with E-state index < -0.39 is 16.6 Å². The van der Waals surface area contributed by atoms with Crippen molar-refractivity contribution >= 4 is 17.3 Å². The summed E-state index contributed by atoms with van der Waals surface area (Å²) < 4.78 is 26.4. The molecule has 2 aromatic rings. The van der Waals surface area contributed by atoms with Crippen LogP contribution in [0.4, 0.5) is 20.2 Å². The molecular weight excluding hydrogens is 356 g/mol. The second kappa shape index (κ2) is 8.68. The number of hydrogen-bond acceptors (Lipinski definition) is 4. The van der Waals surface area contributed by atoms with Crippen LogP contribution >= 0.6 is 0 Å². The fourth-order valence-electron chi connectivity index (χ4n) is 2.61. The Kier molecular flexibility index (Phi) is 6.57. The third kappa shape index (κ3) is 5.30. The molecule has 0 aliphatic heterocycles. The molecule has 1 atom stereocenters. The molecule has 6 nitrogen and oxygen atoms in total. The second-order valence-electron chi connectivity index (χ2n) is 6.38. The van der Waals surface area contributed by atoms with Crippen LogP contribution in [0.15, 0.2) is 36.4 Å². The van der Waals surface area contributed by atoms with E-state index in [-0.39, 0.29) is 24.1 Å². The van der Waals surface area contributed by atoms with Gasteiger partial charge in [-0.3, -0.25) is 19.8 Å². The molecule has 0 aromatic heterocycles. The van der Waals surface area contributed by atoms with E-state index in [1.807, 2.05) is 11.8 Å². The van der Waals surface area contributed by atoms with Gasteiger partial charge >= 0.3 is 0 Å². The van der Waals surface area contributed by atoms with Gasteiger partial charge in [0.15, 0.2) is 11.6 Å². The summed E-state index contributed by atoms with van der Waals surface area (Å²) in [6.07, 6.45) is 0.181. The van der Waals surface area contributed by atoms with Crippen LogP contribution in [0.25, 0.3) is 0 Å². The average molecular weight is 377 g/mol. The molecule has 0 radical (unpaired) electrons. The molecule has 0 bridgehead atoms. The van der Waals surface area contributed by atoms with Gasteiger partial charge in [-0.15, -0.1) is 0 Å². The minimum absolute atomic E-state index is 0.0365.